The minimum atomic E-state index is -0.0519. The van der Waals surface area contributed by atoms with Gasteiger partial charge in [0.1, 0.15) is 6.23 Å². The second-order valence-electron chi connectivity index (χ2n) is 5.43. The molecule has 5 N–H and O–H groups in total. The molecule has 3 aromatic rings. The number of ether oxygens (including phenoxy) is 1. The van der Waals surface area contributed by atoms with Crippen molar-refractivity contribution in [2.45, 2.75) is 19.1 Å². The van der Waals surface area contributed by atoms with Crippen LogP contribution in [0.2, 0.25) is 0 Å². The van der Waals surface area contributed by atoms with E-state index >= 15 is 0 Å². The third-order valence-corrected chi connectivity index (χ3v) is 3.87. The average molecular weight is 311 g/mol. The third-order valence-electron chi connectivity index (χ3n) is 3.87. The van der Waals surface area contributed by atoms with E-state index in [1.54, 1.807) is 6.33 Å². The first-order valence-electron chi connectivity index (χ1n) is 7.45. The molecule has 0 amide bonds. The second-order valence-corrected chi connectivity index (χ2v) is 5.43. The Hall–Kier alpha value is -2.87. The van der Waals surface area contributed by atoms with Crippen LogP contribution in [0.25, 0.3) is 11.2 Å². The molecule has 23 heavy (non-hydrogen) atoms. The van der Waals surface area contributed by atoms with Crippen LogP contribution in [0.3, 0.4) is 0 Å². The fourth-order valence-electron chi connectivity index (χ4n) is 2.75. The molecule has 1 aliphatic heterocycles. The van der Waals surface area contributed by atoms with E-state index in [1.807, 2.05) is 28.8 Å². The van der Waals surface area contributed by atoms with E-state index in [0.29, 0.717) is 22.7 Å². The lowest BCUT2D eigenvalue weighted by molar-refractivity contribution is 0.0593. The van der Waals surface area contributed by atoms with Gasteiger partial charge in [-0.25, -0.2) is 4.98 Å². The molecule has 0 aliphatic carbocycles. The normalized spacial score (nSPS) is 17.7. The van der Waals surface area contributed by atoms with Gasteiger partial charge in [0.2, 0.25) is 5.95 Å². The monoisotopic (exact) mass is 311 g/mol. The van der Waals surface area contributed by atoms with E-state index in [0.717, 1.165) is 25.1 Å². The molecule has 0 spiro atoms. The van der Waals surface area contributed by atoms with Gasteiger partial charge in [0, 0.05) is 6.61 Å². The van der Waals surface area contributed by atoms with Crippen molar-refractivity contribution in [2.75, 3.05) is 23.4 Å². The minimum absolute atomic E-state index is 0.0519. The van der Waals surface area contributed by atoms with Gasteiger partial charge in [-0.15, -0.1) is 0 Å². The van der Waals surface area contributed by atoms with Crippen molar-refractivity contribution in [3.8, 4) is 0 Å². The van der Waals surface area contributed by atoms with Crippen LogP contribution in [0.15, 0.2) is 30.6 Å². The predicted octanol–water partition coefficient (Wildman–Crippen LogP) is 2.04. The number of para-hydroxylation sites is 2. The summed E-state index contributed by atoms with van der Waals surface area (Å²) in [5.74, 6) is 0.705. The first-order chi connectivity index (χ1) is 11.2. The Morgan fingerprint density at radius 3 is 2.87 bits per heavy atom. The number of nitrogen functional groups attached to an aromatic ring is 2. The Morgan fingerprint density at radius 1 is 1.22 bits per heavy atom. The van der Waals surface area contributed by atoms with Crippen LogP contribution in [0.1, 0.15) is 19.1 Å². The SMILES string of the molecule is Nc1nc(Nc2ccccc2N)c2ncn(C3CCCO3)c2n1. The zero-order valence-electron chi connectivity index (χ0n) is 12.4. The zero-order valence-corrected chi connectivity index (χ0v) is 12.4. The second kappa shape index (κ2) is 5.40. The summed E-state index contributed by atoms with van der Waals surface area (Å²) in [7, 11) is 0. The molecule has 0 radical (unpaired) electrons. The van der Waals surface area contributed by atoms with E-state index in [9.17, 15) is 0 Å². The van der Waals surface area contributed by atoms with Crippen LogP contribution in [-0.4, -0.2) is 26.1 Å². The highest BCUT2D eigenvalue weighted by atomic mass is 16.5. The first-order valence-corrected chi connectivity index (χ1v) is 7.45. The Bertz CT molecular complexity index is 854. The van der Waals surface area contributed by atoms with Crippen LogP contribution in [0.5, 0.6) is 0 Å². The van der Waals surface area contributed by atoms with Gasteiger partial charge >= 0.3 is 0 Å². The van der Waals surface area contributed by atoms with Gasteiger partial charge in [-0.3, -0.25) is 4.57 Å². The van der Waals surface area contributed by atoms with E-state index in [-0.39, 0.29) is 12.2 Å². The van der Waals surface area contributed by atoms with Crippen molar-refractivity contribution in [1.29, 1.82) is 0 Å². The van der Waals surface area contributed by atoms with Crippen LogP contribution in [-0.2, 0) is 4.74 Å². The van der Waals surface area contributed by atoms with Crippen molar-refractivity contribution in [1.82, 2.24) is 19.5 Å². The number of fused-ring (bicyclic) bond motifs is 1. The van der Waals surface area contributed by atoms with Crippen LogP contribution < -0.4 is 16.8 Å². The smallest absolute Gasteiger partial charge is 0.224 e. The van der Waals surface area contributed by atoms with Gasteiger partial charge in [0.25, 0.3) is 0 Å². The maximum absolute atomic E-state index is 5.97. The molecule has 1 fully saturated rings. The lowest BCUT2D eigenvalue weighted by Gasteiger charge is -2.12. The fraction of sp³-hybridized carbons (Fsp3) is 0.267. The van der Waals surface area contributed by atoms with E-state index < -0.39 is 0 Å². The van der Waals surface area contributed by atoms with Gasteiger partial charge < -0.3 is 21.5 Å². The molecular weight excluding hydrogens is 294 g/mol. The number of imidazole rings is 1. The molecule has 8 heteroatoms. The van der Waals surface area contributed by atoms with Crippen molar-refractivity contribution in [3.05, 3.63) is 30.6 Å². The zero-order chi connectivity index (χ0) is 15.8. The highest BCUT2D eigenvalue weighted by Gasteiger charge is 2.22. The number of nitrogens with zero attached hydrogens (tertiary/aromatic N) is 4. The summed E-state index contributed by atoms with van der Waals surface area (Å²) in [6.45, 7) is 0.747. The molecule has 2 aromatic heterocycles. The summed E-state index contributed by atoms with van der Waals surface area (Å²) in [5, 5.41) is 3.19. The number of nitrogens with two attached hydrogens (primary N) is 2. The molecule has 118 valence electrons. The van der Waals surface area contributed by atoms with Crippen molar-refractivity contribution in [2.24, 2.45) is 0 Å². The maximum Gasteiger partial charge on any atom is 0.224 e. The van der Waals surface area contributed by atoms with Gasteiger partial charge in [-0.1, -0.05) is 12.1 Å². The van der Waals surface area contributed by atoms with E-state index in [2.05, 4.69) is 20.3 Å². The van der Waals surface area contributed by atoms with Crippen LogP contribution >= 0.6 is 0 Å². The molecule has 8 nitrogen and oxygen atoms in total. The molecule has 1 unspecified atom stereocenters. The number of hydrogen-bond acceptors (Lipinski definition) is 7. The standard InChI is InChI=1S/C15H17N7O/c16-9-4-1-2-5-10(9)19-13-12-14(21-15(17)20-13)22(8-18-12)11-6-3-7-23-11/h1-2,4-5,8,11H,3,6-7,16H2,(H3,17,19,20,21). The number of aromatic nitrogens is 4. The summed E-state index contributed by atoms with van der Waals surface area (Å²) in [6, 6.07) is 7.45. The summed E-state index contributed by atoms with van der Waals surface area (Å²) in [4.78, 5) is 13.0. The molecule has 1 aliphatic rings. The number of benzene rings is 1. The largest absolute Gasteiger partial charge is 0.397 e. The molecular formula is C15H17N7O. The lowest BCUT2D eigenvalue weighted by atomic mass is 10.2. The quantitative estimate of drug-likeness (QED) is 0.634. The topological polar surface area (TPSA) is 117 Å². The molecule has 3 heterocycles. The Balaban J connectivity index is 1.79. The number of anilines is 4. The van der Waals surface area contributed by atoms with Gasteiger partial charge in [-0.05, 0) is 25.0 Å². The van der Waals surface area contributed by atoms with Gasteiger partial charge in [0.05, 0.1) is 17.7 Å². The Labute approximate surface area is 132 Å². The van der Waals surface area contributed by atoms with Crippen LogP contribution in [0, 0.1) is 0 Å². The third kappa shape index (κ3) is 2.42. The fourth-order valence-corrected chi connectivity index (χ4v) is 2.75. The summed E-state index contributed by atoms with van der Waals surface area (Å²) >= 11 is 0. The number of nitrogens with one attached hydrogen (secondary N) is 1. The highest BCUT2D eigenvalue weighted by Crippen LogP contribution is 2.30. The summed E-state index contributed by atoms with van der Waals surface area (Å²) in [5.41, 5.74) is 14.5. The minimum Gasteiger partial charge on any atom is -0.397 e. The molecule has 1 aromatic carbocycles. The Kier molecular flexibility index (Phi) is 3.23. The summed E-state index contributed by atoms with van der Waals surface area (Å²) in [6.07, 6.45) is 3.62. The molecule has 4 rings (SSSR count). The Morgan fingerprint density at radius 2 is 2.09 bits per heavy atom. The number of rotatable bonds is 3. The summed E-state index contributed by atoms with van der Waals surface area (Å²) < 4.78 is 7.61. The van der Waals surface area contributed by atoms with Crippen LogP contribution in [0.4, 0.5) is 23.1 Å². The lowest BCUT2D eigenvalue weighted by Crippen LogP contribution is -2.08. The van der Waals surface area contributed by atoms with Crippen molar-refractivity contribution >= 4 is 34.3 Å². The van der Waals surface area contributed by atoms with E-state index in [4.69, 9.17) is 16.2 Å². The van der Waals surface area contributed by atoms with E-state index in [1.165, 1.54) is 0 Å². The van der Waals surface area contributed by atoms with Crippen molar-refractivity contribution in [3.63, 3.8) is 0 Å². The average Bonchev–Trinajstić information content (AvgIpc) is 3.18. The molecule has 0 saturated carbocycles. The highest BCUT2D eigenvalue weighted by molar-refractivity contribution is 5.88. The number of hydrogen-bond donors (Lipinski definition) is 3. The molecule has 0 bridgehead atoms. The van der Waals surface area contributed by atoms with Gasteiger partial charge in [0.15, 0.2) is 17.0 Å². The predicted molar refractivity (Wildman–Crippen MR) is 88.1 cm³/mol. The first kappa shape index (κ1) is 13.8. The molecule has 1 saturated heterocycles. The van der Waals surface area contributed by atoms with Crippen molar-refractivity contribution < 1.29 is 4.74 Å². The molecule has 1 atom stereocenters. The van der Waals surface area contributed by atoms with Gasteiger partial charge in [-0.2, -0.15) is 9.97 Å². The maximum atomic E-state index is 5.97.